The highest BCUT2D eigenvalue weighted by atomic mass is 35.5. The molecule has 0 radical (unpaired) electrons. The Labute approximate surface area is 283 Å². The monoisotopic (exact) mass is 702 g/mol. The van der Waals surface area contributed by atoms with Gasteiger partial charge in [0.2, 0.25) is 0 Å². The van der Waals surface area contributed by atoms with Crippen molar-refractivity contribution in [3.8, 4) is 0 Å². The number of amides is 2. The number of rotatable bonds is 8. The van der Waals surface area contributed by atoms with E-state index in [0.717, 1.165) is 28.2 Å². The molecule has 0 bridgehead atoms. The molecular formula is C31H19ClN6O6S3. The molecule has 2 N–H and O–H groups in total. The predicted octanol–water partition coefficient (Wildman–Crippen LogP) is 8.37. The van der Waals surface area contributed by atoms with Gasteiger partial charge in [0.15, 0.2) is 9.51 Å². The van der Waals surface area contributed by atoms with Gasteiger partial charge in [-0.15, -0.1) is 11.3 Å². The van der Waals surface area contributed by atoms with Crippen LogP contribution in [0.4, 0.5) is 22.7 Å². The van der Waals surface area contributed by atoms with Crippen LogP contribution in [0, 0.1) is 27.2 Å². The Morgan fingerprint density at radius 2 is 1.77 bits per heavy atom. The SMILES string of the molecule is Cc1ccc(N=C2NC(=O)/C(=C/c3ccc(Sc4nc5ccc(NC(=O)c6ccc(Cl)cc6)cc5s4)c([N+](=O)[O-])c3)S2)cc1[N+](=O)[O-]. The number of amidine groups is 1. The summed E-state index contributed by atoms with van der Waals surface area (Å²) in [5.41, 5.74) is 2.67. The third-order valence-corrected chi connectivity index (χ3v) is 9.98. The number of carbonyl (C=O) groups is 2. The number of aryl methyl sites for hydroxylation is 1. The minimum Gasteiger partial charge on any atom is -0.322 e. The smallest absolute Gasteiger partial charge is 0.283 e. The molecule has 12 nitrogen and oxygen atoms in total. The van der Waals surface area contributed by atoms with Gasteiger partial charge < -0.3 is 10.6 Å². The molecular weight excluding hydrogens is 684 g/mol. The number of thioether (sulfide) groups is 1. The van der Waals surface area contributed by atoms with Gasteiger partial charge >= 0.3 is 0 Å². The summed E-state index contributed by atoms with van der Waals surface area (Å²) in [4.78, 5) is 57.0. The first-order valence-corrected chi connectivity index (χ1v) is 16.3. The molecule has 1 saturated heterocycles. The van der Waals surface area contributed by atoms with Crippen LogP contribution in [0.15, 0.2) is 98.0 Å². The molecule has 5 aromatic rings. The Morgan fingerprint density at radius 1 is 1.00 bits per heavy atom. The van der Waals surface area contributed by atoms with E-state index >= 15 is 0 Å². The van der Waals surface area contributed by atoms with Gasteiger partial charge in [-0.1, -0.05) is 35.5 Å². The summed E-state index contributed by atoms with van der Waals surface area (Å²) in [5.74, 6) is -0.741. The number of anilines is 1. The van der Waals surface area contributed by atoms with Crippen molar-refractivity contribution in [3.63, 3.8) is 0 Å². The first-order chi connectivity index (χ1) is 22.5. The van der Waals surface area contributed by atoms with Crippen molar-refractivity contribution in [1.29, 1.82) is 0 Å². The van der Waals surface area contributed by atoms with Crippen molar-refractivity contribution >= 4 is 102 Å². The second kappa shape index (κ2) is 13.3. The second-order valence-electron chi connectivity index (χ2n) is 9.92. The van der Waals surface area contributed by atoms with Crippen LogP contribution in [-0.2, 0) is 4.79 Å². The number of nitro groups is 2. The van der Waals surface area contributed by atoms with Crippen molar-refractivity contribution in [2.24, 2.45) is 4.99 Å². The van der Waals surface area contributed by atoms with E-state index in [1.54, 1.807) is 73.7 Å². The Morgan fingerprint density at radius 3 is 2.51 bits per heavy atom. The number of nitrogens with zero attached hydrogens (tertiary/aromatic N) is 4. The Hall–Kier alpha value is -5.09. The quantitative estimate of drug-likeness (QED) is 0.0916. The van der Waals surface area contributed by atoms with Gasteiger partial charge in [-0.2, -0.15) is 0 Å². The molecule has 2 heterocycles. The van der Waals surface area contributed by atoms with Gasteiger partial charge in [0.05, 0.1) is 35.6 Å². The number of carbonyl (C=O) groups excluding carboxylic acids is 2. The maximum Gasteiger partial charge on any atom is 0.283 e. The lowest BCUT2D eigenvalue weighted by Crippen LogP contribution is -2.19. The van der Waals surface area contributed by atoms with Crippen molar-refractivity contribution < 1.29 is 19.4 Å². The molecule has 0 unspecified atom stereocenters. The Bertz CT molecular complexity index is 2180. The maximum absolute atomic E-state index is 12.6. The van der Waals surface area contributed by atoms with Crippen molar-refractivity contribution in [3.05, 3.63) is 126 Å². The molecule has 0 atom stereocenters. The molecule has 4 aromatic carbocycles. The summed E-state index contributed by atoms with van der Waals surface area (Å²) in [6, 6.07) is 20.9. The highest BCUT2D eigenvalue weighted by Crippen LogP contribution is 2.40. The molecule has 2 amide bonds. The molecule has 1 aliphatic rings. The summed E-state index contributed by atoms with van der Waals surface area (Å²) in [6.45, 7) is 1.62. The van der Waals surface area contributed by atoms with Crippen LogP contribution >= 0.6 is 46.5 Å². The fourth-order valence-electron chi connectivity index (χ4n) is 4.39. The van der Waals surface area contributed by atoms with Crippen LogP contribution in [0.1, 0.15) is 21.5 Å². The lowest BCUT2D eigenvalue weighted by Gasteiger charge is -2.05. The van der Waals surface area contributed by atoms with Crippen LogP contribution in [0.2, 0.25) is 5.02 Å². The first-order valence-electron chi connectivity index (χ1n) is 13.5. The lowest BCUT2D eigenvalue weighted by atomic mass is 10.2. The van der Waals surface area contributed by atoms with E-state index in [1.807, 2.05) is 0 Å². The number of hydrogen-bond donors (Lipinski definition) is 2. The second-order valence-corrected chi connectivity index (χ2v) is 13.7. The van der Waals surface area contributed by atoms with Crippen LogP contribution < -0.4 is 10.6 Å². The largest absolute Gasteiger partial charge is 0.322 e. The predicted molar refractivity (Wildman–Crippen MR) is 185 cm³/mol. The maximum atomic E-state index is 12.6. The minimum atomic E-state index is -0.501. The van der Waals surface area contributed by atoms with Crippen LogP contribution in [0.25, 0.3) is 16.3 Å². The first kappa shape index (κ1) is 31.9. The summed E-state index contributed by atoms with van der Waals surface area (Å²) in [6.07, 6.45) is 1.51. The van der Waals surface area contributed by atoms with E-state index in [0.29, 0.717) is 47.8 Å². The summed E-state index contributed by atoms with van der Waals surface area (Å²) >= 11 is 9.39. The van der Waals surface area contributed by atoms with Crippen molar-refractivity contribution in [1.82, 2.24) is 10.3 Å². The number of aliphatic imine (C=N–C) groups is 1. The molecule has 1 aliphatic heterocycles. The number of hydrogen-bond acceptors (Lipinski definition) is 11. The third-order valence-electron chi connectivity index (χ3n) is 6.68. The zero-order chi connectivity index (χ0) is 33.2. The van der Waals surface area contributed by atoms with Gasteiger partial charge in [-0.3, -0.25) is 29.8 Å². The highest BCUT2D eigenvalue weighted by molar-refractivity contribution is 8.18. The van der Waals surface area contributed by atoms with E-state index in [2.05, 4.69) is 20.6 Å². The number of benzene rings is 4. The standard InChI is InChI=1S/C31H19ClN6O6S3/c1-16-2-8-20(14-23(16)37(41)42)34-30-36-29(40)27(45-30)13-17-3-11-25(24(12-17)38(43)44)46-31-35-22-10-9-21(15-26(22)47-31)33-28(39)18-4-6-19(32)7-5-18/h2-15H,1H3,(H,33,39)(H,34,36,40)/b27-13-. The third kappa shape index (κ3) is 7.33. The van der Waals surface area contributed by atoms with Crippen molar-refractivity contribution in [2.45, 2.75) is 16.2 Å². The molecule has 6 rings (SSSR count). The van der Waals surface area contributed by atoms with Crippen molar-refractivity contribution in [2.75, 3.05) is 5.32 Å². The zero-order valence-corrected chi connectivity index (χ0v) is 27.1. The van der Waals surface area contributed by atoms with E-state index in [4.69, 9.17) is 11.6 Å². The van der Waals surface area contributed by atoms with E-state index in [-0.39, 0.29) is 27.4 Å². The van der Waals surface area contributed by atoms with Gasteiger partial charge in [0.1, 0.15) is 0 Å². The topological polar surface area (TPSA) is 170 Å². The van der Waals surface area contributed by atoms with E-state index < -0.39 is 15.8 Å². The molecule has 47 heavy (non-hydrogen) atoms. The number of aromatic nitrogens is 1. The van der Waals surface area contributed by atoms with Crippen LogP contribution in [-0.4, -0.2) is 31.8 Å². The fraction of sp³-hybridized carbons (Fsp3) is 0.0323. The number of nitro benzene ring substituents is 2. The highest BCUT2D eigenvalue weighted by Gasteiger charge is 2.25. The number of halogens is 1. The molecule has 1 aromatic heterocycles. The number of nitrogens with one attached hydrogen (secondary N) is 2. The average Bonchev–Trinajstić information content (AvgIpc) is 3.59. The lowest BCUT2D eigenvalue weighted by molar-refractivity contribution is -0.387. The number of thiazole rings is 1. The van der Waals surface area contributed by atoms with Crippen LogP contribution in [0.3, 0.4) is 0 Å². The minimum absolute atomic E-state index is 0.0865. The number of fused-ring (bicyclic) bond motifs is 1. The van der Waals surface area contributed by atoms with Gasteiger partial charge in [0.25, 0.3) is 23.2 Å². The van der Waals surface area contributed by atoms with Gasteiger partial charge in [-0.25, -0.2) is 9.98 Å². The molecule has 1 fully saturated rings. The summed E-state index contributed by atoms with van der Waals surface area (Å²) in [7, 11) is 0. The summed E-state index contributed by atoms with van der Waals surface area (Å²) < 4.78 is 1.35. The van der Waals surface area contributed by atoms with Gasteiger partial charge in [0, 0.05) is 34.0 Å². The molecule has 0 saturated carbocycles. The molecule has 16 heteroatoms. The summed E-state index contributed by atoms with van der Waals surface area (Å²) in [5, 5.41) is 29.5. The normalized spacial score (nSPS) is 14.5. The molecule has 0 aliphatic carbocycles. The fourth-order valence-corrected chi connectivity index (χ4v) is 7.51. The van der Waals surface area contributed by atoms with Crippen LogP contribution in [0.5, 0.6) is 0 Å². The Balaban J connectivity index is 1.19. The van der Waals surface area contributed by atoms with E-state index in [1.165, 1.54) is 29.5 Å². The van der Waals surface area contributed by atoms with Gasteiger partial charge in [-0.05, 0) is 84.9 Å². The zero-order valence-electron chi connectivity index (χ0n) is 23.9. The molecule has 234 valence electrons. The Kier molecular flexibility index (Phi) is 9.04. The average molecular weight is 703 g/mol. The molecule has 0 spiro atoms. The van der Waals surface area contributed by atoms with E-state index in [9.17, 15) is 29.8 Å².